The normalized spacial score (nSPS) is 30.9. The van der Waals surface area contributed by atoms with Gasteiger partial charge in [0, 0.05) is 5.82 Å². The predicted octanol–water partition coefficient (Wildman–Crippen LogP) is 2.99. The third-order valence-electron chi connectivity index (χ3n) is 3.50. The third-order valence-corrected chi connectivity index (χ3v) is 4.54. The van der Waals surface area contributed by atoms with Gasteiger partial charge in [-0.15, -0.1) is 0 Å². The molecule has 128 valence electrons. The van der Waals surface area contributed by atoms with Crippen LogP contribution in [-0.4, -0.2) is 40.8 Å². The second kappa shape index (κ2) is 7.69. The Morgan fingerprint density at radius 2 is 2.04 bits per heavy atom. The Morgan fingerprint density at radius 1 is 1.39 bits per heavy atom. The van der Waals surface area contributed by atoms with Crippen molar-refractivity contribution in [1.82, 2.24) is 0 Å². The lowest BCUT2D eigenvalue weighted by molar-refractivity contribution is -0.0387. The third kappa shape index (κ3) is 4.72. The van der Waals surface area contributed by atoms with Gasteiger partial charge in [0.2, 0.25) is 7.37 Å². The molecule has 1 aromatic rings. The second-order valence-corrected chi connectivity index (χ2v) is 7.86. The highest BCUT2D eigenvalue weighted by Crippen LogP contribution is 2.43. The highest BCUT2D eigenvalue weighted by molar-refractivity contribution is 7.61. The van der Waals surface area contributed by atoms with Gasteiger partial charge in [0.1, 0.15) is 24.7 Å². The Morgan fingerprint density at radius 3 is 2.61 bits per heavy atom. The van der Waals surface area contributed by atoms with Crippen LogP contribution < -0.4 is 0 Å². The van der Waals surface area contributed by atoms with E-state index in [9.17, 15) is 13.8 Å². The van der Waals surface area contributed by atoms with Crippen LogP contribution in [0.25, 0.3) is 0 Å². The molecule has 0 bridgehead atoms. The first-order chi connectivity index (χ1) is 10.8. The van der Waals surface area contributed by atoms with Crippen molar-refractivity contribution in [2.45, 2.75) is 44.4 Å². The Kier molecular flexibility index (Phi) is 6.12. The first kappa shape index (κ1) is 18.3. The van der Waals surface area contributed by atoms with Crippen LogP contribution in [0.2, 0.25) is 0 Å². The standard InChI is InChI=1S/C16H22FO5P/c1-11(2)21-16-13(8-9-23(19,20)10-18)22-15(14(16)17)12-6-4-3-5-7-12/h3-9,11,13-16,18H,10H2,1-2H3,(H,19,20)/b9-8+/t13-,14+,15+,16-/m1/s1. The number of halogens is 1. The molecular formula is C16H22FO5P. The summed E-state index contributed by atoms with van der Waals surface area (Å²) in [6, 6.07) is 8.94. The van der Waals surface area contributed by atoms with Gasteiger partial charge in [-0.2, -0.15) is 0 Å². The van der Waals surface area contributed by atoms with Gasteiger partial charge in [-0.25, -0.2) is 4.39 Å². The number of hydrogen-bond donors (Lipinski definition) is 2. The van der Waals surface area contributed by atoms with E-state index in [2.05, 4.69) is 0 Å². The maximum atomic E-state index is 14.8. The predicted molar refractivity (Wildman–Crippen MR) is 85.0 cm³/mol. The number of aliphatic hydroxyl groups excluding tert-OH is 1. The van der Waals surface area contributed by atoms with E-state index >= 15 is 0 Å². The minimum atomic E-state index is -3.78. The van der Waals surface area contributed by atoms with Gasteiger partial charge in [0.25, 0.3) is 0 Å². The summed E-state index contributed by atoms with van der Waals surface area (Å²) < 4.78 is 37.6. The molecular weight excluding hydrogens is 322 g/mol. The van der Waals surface area contributed by atoms with Crippen LogP contribution in [0, 0.1) is 0 Å². The fraction of sp³-hybridized carbons (Fsp3) is 0.500. The summed E-state index contributed by atoms with van der Waals surface area (Å²) in [5.74, 6) is 0.981. The van der Waals surface area contributed by atoms with Crippen LogP contribution in [0.4, 0.5) is 4.39 Å². The maximum absolute atomic E-state index is 14.8. The van der Waals surface area contributed by atoms with Gasteiger partial charge >= 0.3 is 0 Å². The quantitative estimate of drug-likeness (QED) is 0.776. The molecule has 1 aliphatic heterocycles. The molecule has 5 atom stereocenters. The average molecular weight is 344 g/mol. The fourth-order valence-corrected chi connectivity index (χ4v) is 3.00. The van der Waals surface area contributed by atoms with E-state index in [-0.39, 0.29) is 6.10 Å². The summed E-state index contributed by atoms with van der Waals surface area (Å²) in [5, 5.41) is 8.85. The van der Waals surface area contributed by atoms with Crippen LogP contribution in [0.1, 0.15) is 25.5 Å². The van der Waals surface area contributed by atoms with Gasteiger partial charge in [-0.05, 0) is 25.5 Å². The Balaban J connectivity index is 2.23. The number of benzene rings is 1. The molecule has 0 radical (unpaired) electrons. The van der Waals surface area contributed by atoms with Gasteiger partial charge in [0.05, 0.1) is 6.10 Å². The van der Waals surface area contributed by atoms with Crippen molar-refractivity contribution in [3.8, 4) is 0 Å². The van der Waals surface area contributed by atoms with Crippen molar-refractivity contribution >= 4 is 7.37 Å². The van der Waals surface area contributed by atoms with Gasteiger partial charge in [-0.1, -0.05) is 30.3 Å². The lowest BCUT2D eigenvalue weighted by Gasteiger charge is -2.20. The summed E-state index contributed by atoms with van der Waals surface area (Å²) in [5.41, 5.74) is 0.683. The van der Waals surface area contributed by atoms with Crippen LogP contribution in [0.15, 0.2) is 42.2 Å². The van der Waals surface area contributed by atoms with Crippen molar-refractivity contribution in [2.24, 2.45) is 0 Å². The van der Waals surface area contributed by atoms with E-state index < -0.39 is 38.2 Å². The summed E-state index contributed by atoms with van der Waals surface area (Å²) >= 11 is 0. The number of hydrogen-bond acceptors (Lipinski definition) is 4. The van der Waals surface area contributed by atoms with Crippen LogP contribution in [0.5, 0.6) is 0 Å². The number of ether oxygens (including phenoxy) is 2. The van der Waals surface area contributed by atoms with E-state index in [1.54, 1.807) is 38.1 Å². The Hall–Kier alpha value is -1.04. The van der Waals surface area contributed by atoms with Crippen LogP contribution in [0.3, 0.4) is 0 Å². The molecule has 23 heavy (non-hydrogen) atoms. The highest BCUT2D eigenvalue weighted by atomic mass is 31.2. The molecule has 2 rings (SSSR count). The zero-order valence-electron chi connectivity index (χ0n) is 13.1. The summed E-state index contributed by atoms with van der Waals surface area (Å²) in [6.45, 7) is 3.57. The lowest BCUT2D eigenvalue weighted by atomic mass is 10.0. The Labute approximate surface area is 135 Å². The van der Waals surface area contributed by atoms with Gasteiger partial charge in [-0.3, -0.25) is 4.57 Å². The SMILES string of the molecule is CC(C)O[C@H]1[C@@H](F)[C@H](c2ccccc2)O[C@@H]1/C=C/P(=O)(O)CO. The molecule has 5 nitrogen and oxygen atoms in total. The Bertz CT molecular complexity index is 577. The summed E-state index contributed by atoms with van der Waals surface area (Å²) in [6.07, 6.45) is -3.67. The molecule has 2 N–H and O–H groups in total. The zero-order chi connectivity index (χ0) is 17.0. The molecule has 7 heteroatoms. The minimum absolute atomic E-state index is 0.217. The lowest BCUT2D eigenvalue weighted by Crippen LogP contribution is -2.32. The van der Waals surface area contributed by atoms with Crippen molar-refractivity contribution in [3.63, 3.8) is 0 Å². The largest absolute Gasteiger partial charge is 0.386 e. The van der Waals surface area contributed by atoms with Crippen molar-refractivity contribution in [3.05, 3.63) is 47.8 Å². The number of rotatable bonds is 6. The van der Waals surface area contributed by atoms with E-state index in [1.807, 2.05) is 6.07 Å². The summed E-state index contributed by atoms with van der Waals surface area (Å²) in [7, 11) is -3.78. The number of aliphatic hydroxyl groups is 1. The van der Waals surface area contributed by atoms with E-state index in [1.165, 1.54) is 6.08 Å². The molecule has 1 aliphatic rings. The molecule has 1 saturated heterocycles. The minimum Gasteiger partial charge on any atom is -0.386 e. The molecule has 0 spiro atoms. The van der Waals surface area contributed by atoms with Crippen molar-refractivity contribution < 1.29 is 28.4 Å². The molecule has 1 unspecified atom stereocenters. The molecule has 0 saturated carbocycles. The molecule has 0 aromatic heterocycles. The van der Waals surface area contributed by atoms with Crippen LogP contribution in [-0.2, 0) is 14.0 Å². The molecule has 0 amide bonds. The number of alkyl halides is 1. The molecule has 1 aromatic carbocycles. The average Bonchev–Trinajstić information content (AvgIpc) is 2.82. The maximum Gasteiger partial charge on any atom is 0.246 e. The van der Waals surface area contributed by atoms with E-state index in [4.69, 9.17) is 14.6 Å². The smallest absolute Gasteiger partial charge is 0.246 e. The molecule has 1 heterocycles. The van der Waals surface area contributed by atoms with Crippen molar-refractivity contribution in [1.29, 1.82) is 0 Å². The fourth-order valence-electron chi connectivity index (χ4n) is 2.47. The van der Waals surface area contributed by atoms with Gasteiger partial charge in [0.15, 0.2) is 6.17 Å². The second-order valence-electron chi connectivity index (χ2n) is 5.76. The van der Waals surface area contributed by atoms with Crippen LogP contribution >= 0.6 is 7.37 Å². The highest BCUT2D eigenvalue weighted by Gasteiger charge is 2.46. The van der Waals surface area contributed by atoms with E-state index in [0.29, 0.717) is 5.56 Å². The van der Waals surface area contributed by atoms with Gasteiger partial charge < -0.3 is 19.5 Å². The first-order valence-electron chi connectivity index (χ1n) is 7.45. The topological polar surface area (TPSA) is 76.0 Å². The van der Waals surface area contributed by atoms with E-state index in [0.717, 1.165) is 5.82 Å². The molecule has 0 aliphatic carbocycles. The van der Waals surface area contributed by atoms with Crippen molar-refractivity contribution in [2.75, 3.05) is 6.35 Å². The summed E-state index contributed by atoms with van der Waals surface area (Å²) in [4.78, 5) is 9.43. The molecule has 1 fully saturated rings. The zero-order valence-corrected chi connectivity index (χ0v) is 14.0. The first-order valence-corrected chi connectivity index (χ1v) is 9.37. The monoisotopic (exact) mass is 344 g/mol.